The molecule has 3 rings (SSSR count). The smallest absolute Gasteiger partial charge is 0.122 e. The van der Waals surface area contributed by atoms with Gasteiger partial charge in [-0.1, -0.05) is 24.3 Å². The van der Waals surface area contributed by atoms with Gasteiger partial charge in [0.25, 0.3) is 0 Å². The van der Waals surface area contributed by atoms with E-state index in [-0.39, 0.29) is 0 Å². The lowest BCUT2D eigenvalue weighted by Crippen LogP contribution is -2.18. The lowest BCUT2D eigenvalue weighted by Gasteiger charge is -2.15. The Morgan fingerprint density at radius 2 is 2.00 bits per heavy atom. The molecule has 1 aliphatic heterocycles. The van der Waals surface area contributed by atoms with E-state index < -0.39 is 0 Å². The Kier molecular flexibility index (Phi) is 4.11. The topological polar surface area (TPSA) is 30.5 Å². The Balaban J connectivity index is 1.61. The predicted molar refractivity (Wildman–Crippen MR) is 83.9 cm³/mol. The molecule has 1 atom stereocenters. The first-order valence-corrected chi connectivity index (χ1v) is 7.38. The quantitative estimate of drug-likeness (QED) is 0.911. The Labute approximate surface area is 125 Å². The zero-order valence-electron chi connectivity index (χ0n) is 12.6. The summed E-state index contributed by atoms with van der Waals surface area (Å²) in [5, 5.41) is 3.56. The minimum absolute atomic E-state index is 0.318. The predicted octanol–water partition coefficient (Wildman–Crippen LogP) is 3.48. The van der Waals surface area contributed by atoms with Crippen LogP contribution in [-0.2, 0) is 13.0 Å². The normalized spacial score (nSPS) is 14.4. The largest absolute Gasteiger partial charge is 0.497 e. The van der Waals surface area contributed by atoms with Gasteiger partial charge < -0.3 is 14.8 Å². The van der Waals surface area contributed by atoms with Gasteiger partial charge in [0, 0.05) is 19.0 Å². The highest BCUT2D eigenvalue weighted by atomic mass is 16.5. The Morgan fingerprint density at radius 1 is 1.19 bits per heavy atom. The molecule has 0 radical (unpaired) electrons. The number of rotatable bonds is 5. The van der Waals surface area contributed by atoms with E-state index in [0.717, 1.165) is 31.1 Å². The molecule has 0 aliphatic carbocycles. The number of ether oxygens (including phenoxy) is 2. The Hall–Kier alpha value is -2.00. The summed E-state index contributed by atoms with van der Waals surface area (Å²) < 4.78 is 10.7. The molecule has 0 saturated carbocycles. The third-order valence-corrected chi connectivity index (χ3v) is 3.98. The van der Waals surface area contributed by atoms with Crippen LogP contribution in [0.1, 0.15) is 29.7 Å². The van der Waals surface area contributed by atoms with Crippen molar-refractivity contribution >= 4 is 0 Å². The van der Waals surface area contributed by atoms with Crippen LogP contribution in [0.4, 0.5) is 0 Å². The second-order valence-corrected chi connectivity index (χ2v) is 5.42. The fraction of sp³-hybridized carbons (Fsp3) is 0.333. The first-order chi connectivity index (χ1) is 10.3. The van der Waals surface area contributed by atoms with Crippen LogP contribution >= 0.6 is 0 Å². The molecule has 0 fully saturated rings. The Morgan fingerprint density at radius 3 is 2.76 bits per heavy atom. The van der Waals surface area contributed by atoms with Gasteiger partial charge in [-0.3, -0.25) is 0 Å². The molecule has 1 aliphatic rings. The van der Waals surface area contributed by atoms with Crippen molar-refractivity contribution < 1.29 is 9.47 Å². The van der Waals surface area contributed by atoms with Gasteiger partial charge in [0.15, 0.2) is 0 Å². The second kappa shape index (κ2) is 6.19. The van der Waals surface area contributed by atoms with Gasteiger partial charge in [-0.15, -0.1) is 0 Å². The van der Waals surface area contributed by atoms with Crippen LogP contribution in [-0.4, -0.2) is 13.7 Å². The van der Waals surface area contributed by atoms with Crippen molar-refractivity contribution in [3.8, 4) is 11.5 Å². The third kappa shape index (κ3) is 3.19. The van der Waals surface area contributed by atoms with Gasteiger partial charge in [-0.25, -0.2) is 0 Å². The molecule has 0 saturated heterocycles. The van der Waals surface area contributed by atoms with Crippen LogP contribution in [0.15, 0.2) is 42.5 Å². The van der Waals surface area contributed by atoms with E-state index in [1.807, 2.05) is 12.1 Å². The maximum absolute atomic E-state index is 5.55. The molecule has 110 valence electrons. The number of methoxy groups -OCH3 is 1. The molecule has 2 aromatic rings. The molecule has 0 amide bonds. The average molecular weight is 283 g/mol. The van der Waals surface area contributed by atoms with Crippen molar-refractivity contribution in [3.63, 3.8) is 0 Å². The minimum atomic E-state index is 0.318. The number of benzene rings is 2. The molecule has 3 heteroatoms. The van der Waals surface area contributed by atoms with Crippen molar-refractivity contribution in [1.29, 1.82) is 0 Å². The number of hydrogen-bond acceptors (Lipinski definition) is 3. The maximum Gasteiger partial charge on any atom is 0.122 e. The van der Waals surface area contributed by atoms with Crippen molar-refractivity contribution in [2.75, 3.05) is 13.7 Å². The van der Waals surface area contributed by atoms with Crippen molar-refractivity contribution in [3.05, 3.63) is 59.2 Å². The number of hydrogen-bond donors (Lipinski definition) is 1. The standard InChI is InChI=1S/C18H21NO2/c1-13(15-5-8-18-16(11-15)9-10-21-18)19-12-14-3-6-17(20-2)7-4-14/h3-8,11,13,19H,9-10,12H2,1-2H3. The molecule has 0 spiro atoms. The summed E-state index contributed by atoms with van der Waals surface area (Å²) in [4.78, 5) is 0. The molecule has 0 bridgehead atoms. The van der Waals surface area contributed by atoms with Gasteiger partial charge in [0.2, 0.25) is 0 Å². The monoisotopic (exact) mass is 283 g/mol. The lowest BCUT2D eigenvalue weighted by molar-refractivity contribution is 0.356. The van der Waals surface area contributed by atoms with E-state index in [0.29, 0.717) is 6.04 Å². The van der Waals surface area contributed by atoms with E-state index >= 15 is 0 Å². The summed E-state index contributed by atoms with van der Waals surface area (Å²) >= 11 is 0. The summed E-state index contributed by atoms with van der Waals surface area (Å²) in [5.41, 5.74) is 3.89. The SMILES string of the molecule is COc1ccc(CNC(C)c2ccc3c(c2)CCO3)cc1. The summed E-state index contributed by atoms with van der Waals surface area (Å²) in [6.45, 7) is 3.85. The van der Waals surface area contributed by atoms with Crippen molar-refractivity contribution in [2.24, 2.45) is 0 Å². The van der Waals surface area contributed by atoms with Crippen LogP contribution in [0.5, 0.6) is 11.5 Å². The van der Waals surface area contributed by atoms with E-state index in [9.17, 15) is 0 Å². The molecule has 1 N–H and O–H groups in total. The van der Waals surface area contributed by atoms with Gasteiger partial charge >= 0.3 is 0 Å². The molecule has 2 aromatic carbocycles. The lowest BCUT2D eigenvalue weighted by atomic mass is 10.0. The Bertz CT molecular complexity index is 607. The highest BCUT2D eigenvalue weighted by Crippen LogP contribution is 2.28. The zero-order valence-corrected chi connectivity index (χ0v) is 12.6. The van der Waals surface area contributed by atoms with Gasteiger partial charge in [0.05, 0.1) is 13.7 Å². The van der Waals surface area contributed by atoms with Crippen LogP contribution < -0.4 is 14.8 Å². The van der Waals surface area contributed by atoms with E-state index in [2.05, 4.69) is 42.6 Å². The summed E-state index contributed by atoms with van der Waals surface area (Å²) in [6.07, 6.45) is 1.02. The summed E-state index contributed by atoms with van der Waals surface area (Å²) in [6, 6.07) is 15.0. The molecule has 3 nitrogen and oxygen atoms in total. The molecule has 1 heterocycles. The molecular formula is C18H21NO2. The molecular weight excluding hydrogens is 262 g/mol. The summed E-state index contributed by atoms with van der Waals surface area (Å²) in [5.74, 6) is 1.94. The first kappa shape index (κ1) is 14.0. The fourth-order valence-electron chi connectivity index (χ4n) is 2.61. The van der Waals surface area contributed by atoms with E-state index in [4.69, 9.17) is 9.47 Å². The highest BCUT2D eigenvalue weighted by Gasteiger charge is 2.14. The van der Waals surface area contributed by atoms with E-state index in [1.165, 1.54) is 16.7 Å². The van der Waals surface area contributed by atoms with Crippen molar-refractivity contribution in [1.82, 2.24) is 5.32 Å². The average Bonchev–Trinajstić information content (AvgIpc) is 3.00. The third-order valence-electron chi connectivity index (χ3n) is 3.98. The number of fused-ring (bicyclic) bond motifs is 1. The van der Waals surface area contributed by atoms with Crippen LogP contribution in [0.2, 0.25) is 0 Å². The fourth-order valence-corrected chi connectivity index (χ4v) is 2.61. The van der Waals surface area contributed by atoms with Gasteiger partial charge in [-0.05, 0) is 41.8 Å². The van der Waals surface area contributed by atoms with Crippen LogP contribution in [0.3, 0.4) is 0 Å². The maximum atomic E-state index is 5.55. The first-order valence-electron chi connectivity index (χ1n) is 7.38. The zero-order chi connectivity index (χ0) is 14.7. The summed E-state index contributed by atoms with van der Waals surface area (Å²) in [7, 11) is 1.69. The van der Waals surface area contributed by atoms with E-state index in [1.54, 1.807) is 7.11 Å². The van der Waals surface area contributed by atoms with Crippen LogP contribution in [0.25, 0.3) is 0 Å². The van der Waals surface area contributed by atoms with Crippen LogP contribution in [0, 0.1) is 0 Å². The molecule has 0 aromatic heterocycles. The molecule has 1 unspecified atom stereocenters. The van der Waals surface area contributed by atoms with Crippen molar-refractivity contribution in [2.45, 2.75) is 25.9 Å². The number of nitrogens with one attached hydrogen (secondary N) is 1. The minimum Gasteiger partial charge on any atom is -0.497 e. The highest BCUT2D eigenvalue weighted by molar-refractivity contribution is 5.40. The second-order valence-electron chi connectivity index (χ2n) is 5.42. The van der Waals surface area contributed by atoms with Gasteiger partial charge in [0.1, 0.15) is 11.5 Å². The molecule has 21 heavy (non-hydrogen) atoms. The van der Waals surface area contributed by atoms with Gasteiger partial charge in [-0.2, -0.15) is 0 Å².